The Morgan fingerprint density at radius 1 is 1.16 bits per heavy atom. The number of ether oxygens (including phenoxy) is 1. The van der Waals surface area contributed by atoms with E-state index in [9.17, 15) is 4.79 Å². The Hall–Kier alpha value is -3.00. The number of benzene rings is 2. The second-order valence-electron chi connectivity index (χ2n) is 8.04. The van der Waals surface area contributed by atoms with Crippen LogP contribution in [0.2, 0.25) is 0 Å². The zero-order valence-corrected chi connectivity index (χ0v) is 19.9. The molecule has 0 saturated carbocycles. The van der Waals surface area contributed by atoms with E-state index in [0.717, 1.165) is 23.3 Å². The van der Waals surface area contributed by atoms with E-state index in [1.165, 1.54) is 22.0 Å². The van der Waals surface area contributed by atoms with Gasteiger partial charge in [0, 0.05) is 6.54 Å². The third kappa shape index (κ3) is 6.26. The van der Waals surface area contributed by atoms with E-state index in [4.69, 9.17) is 10.6 Å². The zero-order valence-electron chi connectivity index (χ0n) is 19.0. The van der Waals surface area contributed by atoms with Gasteiger partial charge in [0.2, 0.25) is 11.1 Å². The average Bonchev–Trinajstić information content (AvgIpc) is 3.11. The van der Waals surface area contributed by atoms with E-state index in [-0.39, 0.29) is 17.8 Å². The van der Waals surface area contributed by atoms with Crippen LogP contribution >= 0.6 is 11.8 Å². The van der Waals surface area contributed by atoms with E-state index >= 15 is 0 Å². The van der Waals surface area contributed by atoms with Crippen molar-refractivity contribution in [2.45, 2.75) is 57.0 Å². The average molecular weight is 454 g/mol. The Morgan fingerprint density at radius 3 is 2.62 bits per heavy atom. The summed E-state index contributed by atoms with van der Waals surface area (Å²) in [6, 6.07) is 16.2. The van der Waals surface area contributed by atoms with Crippen LogP contribution in [0.5, 0.6) is 5.75 Å². The van der Waals surface area contributed by atoms with E-state index in [1.807, 2.05) is 50.2 Å². The summed E-state index contributed by atoms with van der Waals surface area (Å²) in [4.78, 5) is 12.4. The lowest BCUT2D eigenvalue weighted by Crippen LogP contribution is -2.32. The number of hydrogen-bond donors (Lipinski definition) is 2. The molecule has 0 bridgehead atoms. The van der Waals surface area contributed by atoms with Crippen LogP contribution in [0.4, 0.5) is 0 Å². The number of rotatable bonds is 10. The first-order valence-electron chi connectivity index (χ1n) is 10.8. The third-order valence-electron chi connectivity index (χ3n) is 5.09. The molecule has 1 heterocycles. The van der Waals surface area contributed by atoms with Crippen molar-refractivity contribution >= 4 is 17.7 Å². The minimum atomic E-state index is -0.352. The smallest absolute Gasteiger partial charge is 0.233 e. The van der Waals surface area contributed by atoms with E-state index in [1.54, 1.807) is 0 Å². The predicted molar refractivity (Wildman–Crippen MR) is 128 cm³/mol. The molecule has 0 fully saturated rings. The van der Waals surface area contributed by atoms with Gasteiger partial charge in [0.05, 0.1) is 5.25 Å². The minimum Gasteiger partial charge on any atom is -0.485 e. The fraction of sp³-hybridized carbons (Fsp3) is 0.375. The summed E-state index contributed by atoms with van der Waals surface area (Å²) in [5.74, 6) is 7.78. The number of hydrogen-bond acceptors (Lipinski definition) is 6. The number of carbonyl (C=O) groups is 1. The van der Waals surface area contributed by atoms with Gasteiger partial charge >= 0.3 is 0 Å². The molecule has 1 unspecified atom stereocenters. The Bertz CT molecular complexity index is 1040. The first-order chi connectivity index (χ1) is 15.3. The summed E-state index contributed by atoms with van der Waals surface area (Å²) in [5.41, 5.74) is 3.45. The number of thioether (sulfide) groups is 1. The fourth-order valence-electron chi connectivity index (χ4n) is 3.20. The Kier molecular flexibility index (Phi) is 8.16. The number of carbonyl (C=O) groups excluding carboxylic acids is 1. The highest BCUT2D eigenvalue weighted by molar-refractivity contribution is 8.00. The summed E-state index contributed by atoms with van der Waals surface area (Å²) >= 11 is 1.27. The topological polar surface area (TPSA) is 95.1 Å². The Labute approximate surface area is 193 Å². The van der Waals surface area contributed by atoms with Crippen LogP contribution in [-0.2, 0) is 17.8 Å². The first-order valence-corrected chi connectivity index (χ1v) is 11.6. The van der Waals surface area contributed by atoms with E-state index < -0.39 is 0 Å². The zero-order chi connectivity index (χ0) is 23.1. The van der Waals surface area contributed by atoms with Gasteiger partial charge in [-0.15, -0.1) is 10.2 Å². The van der Waals surface area contributed by atoms with Gasteiger partial charge in [0.15, 0.2) is 5.82 Å². The summed E-state index contributed by atoms with van der Waals surface area (Å²) < 4.78 is 7.41. The van der Waals surface area contributed by atoms with Crippen molar-refractivity contribution in [3.05, 3.63) is 71.0 Å². The number of amides is 1. The lowest BCUT2D eigenvalue weighted by molar-refractivity contribution is -0.120. The summed E-state index contributed by atoms with van der Waals surface area (Å²) in [7, 11) is 0. The first kappa shape index (κ1) is 23.7. The number of nitrogens with zero attached hydrogens (tertiary/aromatic N) is 3. The van der Waals surface area contributed by atoms with Gasteiger partial charge in [-0.05, 0) is 48.9 Å². The lowest BCUT2D eigenvalue weighted by atomic mass is 10.0. The van der Waals surface area contributed by atoms with Crippen molar-refractivity contribution in [1.82, 2.24) is 20.2 Å². The van der Waals surface area contributed by atoms with Crippen molar-refractivity contribution in [3.63, 3.8) is 0 Å². The van der Waals surface area contributed by atoms with Gasteiger partial charge in [-0.1, -0.05) is 68.1 Å². The van der Waals surface area contributed by atoms with Crippen LogP contribution in [-0.4, -0.2) is 32.6 Å². The highest BCUT2D eigenvalue weighted by atomic mass is 32.2. The van der Waals surface area contributed by atoms with Gasteiger partial charge in [-0.3, -0.25) is 4.79 Å². The minimum absolute atomic E-state index is 0.0620. The maximum absolute atomic E-state index is 12.4. The maximum Gasteiger partial charge on any atom is 0.233 e. The number of nitrogens with one attached hydrogen (secondary N) is 1. The third-order valence-corrected chi connectivity index (χ3v) is 6.15. The van der Waals surface area contributed by atoms with E-state index in [0.29, 0.717) is 23.4 Å². The number of aryl methyl sites for hydroxylation is 1. The largest absolute Gasteiger partial charge is 0.485 e. The monoisotopic (exact) mass is 453 g/mol. The number of nitrogen functional groups attached to an aromatic ring is 1. The predicted octanol–water partition coefficient (Wildman–Crippen LogP) is 3.84. The lowest BCUT2D eigenvalue weighted by Gasteiger charge is -2.15. The number of nitrogens with two attached hydrogens (primary N) is 1. The van der Waals surface area contributed by atoms with Gasteiger partial charge < -0.3 is 15.9 Å². The van der Waals surface area contributed by atoms with E-state index in [2.05, 4.69) is 41.5 Å². The molecule has 1 amide bonds. The molecular formula is C24H31N5O2S. The molecule has 1 aromatic heterocycles. The molecule has 3 aromatic rings. The molecule has 3 N–H and O–H groups in total. The number of aromatic nitrogens is 3. The molecule has 0 saturated heterocycles. The second kappa shape index (κ2) is 11.0. The maximum atomic E-state index is 12.4. The van der Waals surface area contributed by atoms with Crippen LogP contribution in [0.15, 0.2) is 53.7 Å². The molecule has 7 nitrogen and oxygen atoms in total. The second-order valence-corrected chi connectivity index (χ2v) is 9.35. The highest BCUT2D eigenvalue weighted by Crippen LogP contribution is 2.28. The molecule has 0 aliphatic heterocycles. The van der Waals surface area contributed by atoms with Gasteiger partial charge in [0.25, 0.3) is 0 Å². The Balaban J connectivity index is 1.54. The highest BCUT2D eigenvalue weighted by Gasteiger charge is 2.19. The summed E-state index contributed by atoms with van der Waals surface area (Å²) in [6.07, 6.45) is 0.788. The van der Waals surface area contributed by atoms with Crippen molar-refractivity contribution < 1.29 is 9.53 Å². The molecule has 3 rings (SSSR count). The van der Waals surface area contributed by atoms with Crippen LogP contribution in [0.3, 0.4) is 0 Å². The molecule has 0 aliphatic rings. The van der Waals surface area contributed by atoms with Crippen LogP contribution in [0.1, 0.15) is 49.2 Å². The van der Waals surface area contributed by atoms with Crippen molar-refractivity contribution in [3.8, 4) is 5.75 Å². The molecule has 170 valence electrons. The Morgan fingerprint density at radius 2 is 1.91 bits per heavy atom. The quantitative estimate of drug-likeness (QED) is 0.358. The van der Waals surface area contributed by atoms with Gasteiger partial charge in [-0.2, -0.15) is 0 Å². The van der Waals surface area contributed by atoms with Crippen molar-refractivity contribution in [2.75, 3.05) is 12.4 Å². The molecule has 32 heavy (non-hydrogen) atoms. The molecule has 0 spiro atoms. The standard InChI is InChI=1S/C24H31N5O2S/c1-16(2)20-11-10-17(3)14-21(20)31-15-22-27-28-24(29(22)25)32-18(4)23(30)26-13-12-19-8-6-5-7-9-19/h5-11,14,16,18H,12-13,15,25H2,1-4H3,(H,26,30). The summed E-state index contributed by atoms with van der Waals surface area (Å²) in [5, 5.41) is 11.4. The van der Waals surface area contributed by atoms with Crippen molar-refractivity contribution in [2.24, 2.45) is 0 Å². The fourth-order valence-corrected chi connectivity index (χ4v) is 4.02. The van der Waals surface area contributed by atoms with Crippen LogP contribution < -0.4 is 15.9 Å². The SMILES string of the molecule is Cc1ccc(C(C)C)c(OCc2nnc(SC(C)C(=O)NCCc3ccccc3)n2N)c1. The molecular weight excluding hydrogens is 422 g/mol. The molecule has 0 aliphatic carbocycles. The van der Waals surface area contributed by atoms with Crippen LogP contribution in [0, 0.1) is 6.92 Å². The van der Waals surface area contributed by atoms with Crippen molar-refractivity contribution in [1.29, 1.82) is 0 Å². The molecule has 0 radical (unpaired) electrons. The molecule has 8 heteroatoms. The molecule has 1 atom stereocenters. The molecule has 2 aromatic carbocycles. The van der Waals surface area contributed by atoms with Gasteiger partial charge in [-0.25, -0.2) is 4.68 Å². The normalized spacial score (nSPS) is 12.0. The summed E-state index contributed by atoms with van der Waals surface area (Å²) in [6.45, 7) is 8.90. The van der Waals surface area contributed by atoms with Gasteiger partial charge in [0.1, 0.15) is 12.4 Å². The van der Waals surface area contributed by atoms with Crippen LogP contribution in [0.25, 0.3) is 0 Å².